The van der Waals surface area contributed by atoms with E-state index in [4.69, 9.17) is 0 Å². The van der Waals surface area contributed by atoms with E-state index >= 15 is 0 Å². The minimum absolute atomic E-state index is 0. The number of hydrogen-bond acceptors (Lipinski definition) is 3. The highest BCUT2D eigenvalue weighted by Gasteiger charge is 2.38. The van der Waals surface area contributed by atoms with Crippen LogP contribution in [0.1, 0.15) is 26.7 Å². The lowest BCUT2D eigenvalue weighted by Gasteiger charge is -2.41. The number of hydrogen-bond donors (Lipinski definition) is 1. The molecule has 0 spiro atoms. The maximum atomic E-state index is 12.5. The van der Waals surface area contributed by atoms with Gasteiger partial charge in [-0.15, -0.1) is 12.4 Å². The Hall–Kier alpha value is -0.810. The summed E-state index contributed by atoms with van der Waals surface area (Å²) in [4.78, 5) is 27.5. The molecule has 1 N–H and O–H groups in total. The van der Waals surface area contributed by atoms with Gasteiger partial charge in [-0.1, -0.05) is 0 Å². The van der Waals surface area contributed by atoms with Crippen LogP contribution in [0.5, 0.6) is 0 Å². The van der Waals surface area contributed by atoms with Gasteiger partial charge in [0, 0.05) is 39.6 Å². The van der Waals surface area contributed by atoms with Crippen molar-refractivity contribution in [2.75, 3.05) is 39.3 Å². The molecule has 5 nitrogen and oxygen atoms in total. The van der Waals surface area contributed by atoms with Crippen LogP contribution in [0.2, 0.25) is 0 Å². The summed E-state index contributed by atoms with van der Waals surface area (Å²) in [6.07, 6.45) is 2.03. The summed E-state index contributed by atoms with van der Waals surface area (Å²) < 4.78 is 0. The van der Waals surface area contributed by atoms with Crippen LogP contribution in [0.4, 0.5) is 0 Å². The van der Waals surface area contributed by atoms with Crippen LogP contribution in [0.15, 0.2) is 0 Å². The quantitative estimate of drug-likeness (QED) is 0.764. The number of halogens is 1. The number of carbonyl (C=O) groups excluding carboxylic acids is 2. The summed E-state index contributed by atoms with van der Waals surface area (Å²) in [5.41, 5.74) is -0.253. The molecule has 2 aliphatic heterocycles. The van der Waals surface area contributed by atoms with Crippen LogP contribution < -0.4 is 5.32 Å². The largest absolute Gasteiger partial charge is 0.339 e. The second kappa shape index (κ2) is 6.57. The molecule has 2 rings (SSSR count). The van der Waals surface area contributed by atoms with E-state index in [1.54, 1.807) is 6.92 Å². The zero-order valence-electron chi connectivity index (χ0n) is 11.8. The third kappa shape index (κ3) is 3.60. The SMILES string of the molecule is CC(=O)N1CCN(C(=O)C2(C)CCCNC2)CC1.Cl. The summed E-state index contributed by atoms with van der Waals surface area (Å²) in [5.74, 6) is 0.352. The standard InChI is InChI=1S/C13H23N3O2.ClH/c1-11(17)15-6-8-16(9-7-15)12(18)13(2)4-3-5-14-10-13;/h14H,3-10H2,1-2H3;1H. The van der Waals surface area contributed by atoms with Gasteiger partial charge < -0.3 is 15.1 Å². The number of carbonyl (C=O) groups is 2. The van der Waals surface area contributed by atoms with Crippen molar-refractivity contribution in [2.24, 2.45) is 5.41 Å². The molecule has 1 atom stereocenters. The van der Waals surface area contributed by atoms with Crippen molar-refractivity contribution >= 4 is 24.2 Å². The molecule has 2 aliphatic rings. The Kier molecular flexibility index (Phi) is 5.62. The number of amides is 2. The third-order valence-corrected chi connectivity index (χ3v) is 4.13. The summed E-state index contributed by atoms with van der Waals surface area (Å²) in [6, 6.07) is 0. The Bertz CT molecular complexity index is 335. The monoisotopic (exact) mass is 289 g/mol. The molecule has 110 valence electrons. The fraction of sp³-hybridized carbons (Fsp3) is 0.846. The molecule has 0 radical (unpaired) electrons. The molecule has 1 unspecified atom stereocenters. The number of nitrogens with one attached hydrogen (secondary N) is 1. The fourth-order valence-electron chi connectivity index (χ4n) is 2.84. The van der Waals surface area contributed by atoms with Gasteiger partial charge in [-0.2, -0.15) is 0 Å². The first-order chi connectivity index (χ1) is 8.53. The van der Waals surface area contributed by atoms with Crippen LogP contribution in [0, 0.1) is 5.41 Å². The second-order valence-corrected chi connectivity index (χ2v) is 5.64. The molecule has 2 heterocycles. The number of rotatable bonds is 1. The van der Waals surface area contributed by atoms with Gasteiger partial charge in [0.25, 0.3) is 0 Å². The van der Waals surface area contributed by atoms with Crippen molar-refractivity contribution in [3.8, 4) is 0 Å². The van der Waals surface area contributed by atoms with E-state index in [1.807, 2.05) is 9.80 Å². The zero-order chi connectivity index (χ0) is 13.2. The molecule has 0 bridgehead atoms. The molecule has 0 saturated carbocycles. The molecule has 19 heavy (non-hydrogen) atoms. The lowest BCUT2D eigenvalue weighted by molar-refractivity contribution is -0.146. The van der Waals surface area contributed by atoms with Crippen molar-refractivity contribution < 1.29 is 9.59 Å². The van der Waals surface area contributed by atoms with Gasteiger partial charge in [-0.3, -0.25) is 9.59 Å². The van der Waals surface area contributed by atoms with Crippen molar-refractivity contribution in [2.45, 2.75) is 26.7 Å². The van der Waals surface area contributed by atoms with Gasteiger partial charge in [0.1, 0.15) is 0 Å². The van der Waals surface area contributed by atoms with Gasteiger partial charge in [0.2, 0.25) is 11.8 Å². The number of nitrogens with zero attached hydrogens (tertiary/aromatic N) is 2. The van der Waals surface area contributed by atoms with Crippen molar-refractivity contribution in [1.29, 1.82) is 0 Å². The normalized spacial score (nSPS) is 27.7. The fourth-order valence-corrected chi connectivity index (χ4v) is 2.84. The average Bonchev–Trinajstić information content (AvgIpc) is 2.39. The molecular formula is C13H24ClN3O2. The lowest BCUT2D eigenvalue weighted by Crippen LogP contribution is -2.56. The molecular weight excluding hydrogens is 266 g/mol. The van der Waals surface area contributed by atoms with E-state index in [-0.39, 0.29) is 29.6 Å². The Labute approximate surface area is 121 Å². The molecule has 0 aromatic carbocycles. The number of piperazine rings is 1. The van der Waals surface area contributed by atoms with Gasteiger partial charge >= 0.3 is 0 Å². The maximum Gasteiger partial charge on any atom is 0.229 e. The van der Waals surface area contributed by atoms with E-state index in [1.165, 1.54) is 0 Å². The van der Waals surface area contributed by atoms with Crippen LogP contribution in [-0.2, 0) is 9.59 Å². The first kappa shape index (κ1) is 16.2. The van der Waals surface area contributed by atoms with E-state index < -0.39 is 0 Å². The smallest absolute Gasteiger partial charge is 0.229 e. The van der Waals surface area contributed by atoms with Crippen LogP contribution >= 0.6 is 12.4 Å². The first-order valence-corrected chi connectivity index (χ1v) is 6.78. The van der Waals surface area contributed by atoms with Gasteiger partial charge in [-0.25, -0.2) is 0 Å². The molecule has 0 aliphatic carbocycles. The Balaban J connectivity index is 0.00000180. The molecule has 0 aromatic heterocycles. The summed E-state index contributed by atoms with van der Waals surface area (Å²) >= 11 is 0. The first-order valence-electron chi connectivity index (χ1n) is 6.78. The van der Waals surface area contributed by atoms with Gasteiger partial charge in [-0.05, 0) is 26.3 Å². The van der Waals surface area contributed by atoms with Crippen LogP contribution in [0.25, 0.3) is 0 Å². The van der Waals surface area contributed by atoms with Crippen molar-refractivity contribution in [3.63, 3.8) is 0 Å². The minimum Gasteiger partial charge on any atom is -0.339 e. The third-order valence-electron chi connectivity index (χ3n) is 4.13. The van der Waals surface area contributed by atoms with Crippen LogP contribution in [-0.4, -0.2) is 60.9 Å². The molecule has 2 fully saturated rings. The van der Waals surface area contributed by atoms with Gasteiger partial charge in [0.05, 0.1) is 5.41 Å². The molecule has 0 aromatic rings. The Morgan fingerprint density at radius 1 is 1.11 bits per heavy atom. The zero-order valence-corrected chi connectivity index (χ0v) is 12.6. The van der Waals surface area contributed by atoms with E-state index in [0.29, 0.717) is 26.2 Å². The summed E-state index contributed by atoms with van der Waals surface area (Å²) in [5, 5.41) is 3.31. The second-order valence-electron chi connectivity index (χ2n) is 5.64. The van der Waals surface area contributed by atoms with E-state index in [9.17, 15) is 9.59 Å². The summed E-state index contributed by atoms with van der Waals surface area (Å²) in [6.45, 7) is 8.12. The Morgan fingerprint density at radius 2 is 1.68 bits per heavy atom. The highest BCUT2D eigenvalue weighted by Crippen LogP contribution is 2.28. The van der Waals surface area contributed by atoms with Crippen molar-refractivity contribution in [1.82, 2.24) is 15.1 Å². The predicted molar refractivity (Wildman–Crippen MR) is 76.3 cm³/mol. The Morgan fingerprint density at radius 3 is 2.16 bits per heavy atom. The molecule has 6 heteroatoms. The summed E-state index contributed by atoms with van der Waals surface area (Å²) in [7, 11) is 0. The minimum atomic E-state index is -0.253. The van der Waals surface area contributed by atoms with E-state index in [2.05, 4.69) is 12.2 Å². The predicted octanol–water partition coefficient (Wildman–Crippen LogP) is 0.489. The highest BCUT2D eigenvalue weighted by molar-refractivity contribution is 5.85. The van der Waals surface area contributed by atoms with Crippen LogP contribution in [0.3, 0.4) is 0 Å². The molecule has 2 saturated heterocycles. The van der Waals surface area contributed by atoms with Gasteiger partial charge in [0.15, 0.2) is 0 Å². The highest BCUT2D eigenvalue weighted by atomic mass is 35.5. The molecule has 2 amide bonds. The maximum absolute atomic E-state index is 12.5. The topological polar surface area (TPSA) is 52.7 Å². The average molecular weight is 290 g/mol. The number of piperidine rings is 1. The van der Waals surface area contributed by atoms with Crippen molar-refractivity contribution in [3.05, 3.63) is 0 Å². The van der Waals surface area contributed by atoms with E-state index in [0.717, 1.165) is 25.9 Å². The lowest BCUT2D eigenvalue weighted by atomic mass is 9.81.